The van der Waals surface area contributed by atoms with Gasteiger partial charge in [0.15, 0.2) is 0 Å². The molecule has 0 aliphatic carbocycles. The molecule has 3 nitrogen and oxygen atoms in total. The predicted octanol–water partition coefficient (Wildman–Crippen LogP) is 2.31. The predicted molar refractivity (Wildman–Crippen MR) is 42.5 cm³/mol. The first-order valence-electron chi connectivity index (χ1n) is 3.03. The lowest BCUT2D eigenvalue weighted by molar-refractivity contribution is 1.58. The monoisotopic (exact) mass is 143 g/mol. The van der Waals surface area contributed by atoms with Gasteiger partial charge in [0.2, 0.25) is 0 Å². The van der Waals surface area contributed by atoms with Crippen LogP contribution in [0.15, 0.2) is 35.4 Å². The van der Waals surface area contributed by atoms with E-state index in [0.717, 1.165) is 5.56 Å². The summed E-state index contributed by atoms with van der Waals surface area (Å²) in [6.07, 6.45) is 0. The Morgan fingerprint density at radius 3 is 2.64 bits per heavy atom. The quantitative estimate of drug-likeness (QED) is 0.231. The van der Waals surface area contributed by atoms with Crippen molar-refractivity contribution in [1.82, 2.24) is 0 Å². The SMILES string of the molecule is [N-]=[N+]=NC#Cc1ccccc1. The van der Waals surface area contributed by atoms with Crippen molar-refractivity contribution >= 4 is 0 Å². The molecular weight excluding hydrogens is 138 g/mol. The van der Waals surface area contributed by atoms with Crippen LogP contribution in [0.25, 0.3) is 10.4 Å². The van der Waals surface area contributed by atoms with Gasteiger partial charge < -0.3 is 0 Å². The molecule has 0 bridgehead atoms. The average Bonchev–Trinajstić information content (AvgIpc) is 2.07. The van der Waals surface area contributed by atoms with Crippen LogP contribution in [0.3, 0.4) is 0 Å². The van der Waals surface area contributed by atoms with Crippen molar-refractivity contribution in [2.24, 2.45) is 5.11 Å². The molecule has 11 heavy (non-hydrogen) atoms. The van der Waals surface area contributed by atoms with Crippen LogP contribution in [0, 0.1) is 12.0 Å². The van der Waals surface area contributed by atoms with Gasteiger partial charge in [0.1, 0.15) is 0 Å². The topological polar surface area (TPSA) is 48.8 Å². The standard InChI is InChI=1S/C8H5N3/c9-11-10-7-6-8-4-2-1-3-5-8/h1-5H. The van der Waals surface area contributed by atoms with Crippen LogP contribution in [0.1, 0.15) is 5.56 Å². The summed E-state index contributed by atoms with van der Waals surface area (Å²) in [4.78, 5) is 2.50. The van der Waals surface area contributed by atoms with Gasteiger partial charge >= 0.3 is 0 Å². The number of hydrogen-bond donors (Lipinski definition) is 0. The summed E-state index contributed by atoms with van der Waals surface area (Å²) >= 11 is 0. The molecule has 0 saturated carbocycles. The van der Waals surface area contributed by atoms with Gasteiger partial charge in [-0.15, -0.1) is 0 Å². The van der Waals surface area contributed by atoms with E-state index in [9.17, 15) is 0 Å². The number of nitrogens with zero attached hydrogens (tertiary/aromatic N) is 3. The van der Waals surface area contributed by atoms with Crippen LogP contribution in [-0.4, -0.2) is 0 Å². The van der Waals surface area contributed by atoms with E-state index >= 15 is 0 Å². The van der Waals surface area contributed by atoms with Crippen LogP contribution in [0.2, 0.25) is 0 Å². The zero-order chi connectivity index (χ0) is 7.94. The maximum absolute atomic E-state index is 7.90. The average molecular weight is 143 g/mol. The molecule has 0 aliphatic rings. The zero-order valence-corrected chi connectivity index (χ0v) is 5.73. The molecule has 0 heterocycles. The first-order chi connectivity index (χ1) is 5.43. The second kappa shape index (κ2) is 3.99. The Balaban J connectivity index is 2.82. The van der Waals surface area contributed by atoms with E-state index < -0.39 is 0 Å². The molecule has 0 aliphatic heterocycles. The van der Waals surface area contributed by atoms with Crippen molar-refractivity contribution < 1.29 is 0 Å². The molecule has 0 N–H and O–H groups in total. The second-order valence-corrected chi connectivity index (χ2v) is 1.79. The van der Waals surface area contributed by atoms with Gasteiger partial charge in [-0.05, 0) is 28.8 Å². The van der Waals surface area contributed by atoms with Gasteiger partial charge in [0.05, 0.1) is 0 Å². The molecule has 52 valence electrons. The summed E-state index contributed by atoms with van der Waals surface area (Å²) < 4.78 is 0. The lowest BCUT2D eigenvalue weighted by atomic mass is 10.2. The van der Waals surface area contributed by atoms with Crippen LogP contribution in [-0.2, 0) is 0 Å². The van der Waals surface area contributed by atoms with Gasteiger partial charge in [-0.3, -0.25) is 0 Å². The van der Waals surface area contributed by atoms with E-state index in [1.54, 1.807) is 0 Å². The number of rotatable bonds is 0. The Labute approximate surface area is 64.3 Å². The maximum Gasteiger partial charge on any atom is 0.0248 e. The lowest BCUT2D eigenvalue weighted by Gasteiger charge is -1.83. The van der Waals surface area contributed by atoms with Gasteiger partial charge in [-0.2, -0.15) is 0 Å². The molecule has 3 heteroatoms. The van der Waals surface area contributed by atoms with Crippen molar-refractivity contribution in [1.29, 1.82) is 0 Å². The molecule has 0 aromatic heterocycles. The minimum atomic E-state index is 0.847. The Kier molecular flexibility index (Phi) is 2.61. The molecule has 0 radical (unpaired) electrons. The van der Waals surface area contributed by atoms with Crippen molar-refractivity contribution in [3.05, 3.63) is 46.3 Å². The summed E-state index contributed by atoms with van der Waals surface area (Å²) in [6, 6.07) is 11.7. The molecule has 1 rings (SSSR count). The van der Waals surface area contributed by atoms with Crippen LogP contribution in [0.4, 0.5) is 0 Å². The highest BCUT2D eigenvalue weighted by molar-refractivity contribution is 5.33. The van der Waals surface area contributed by atoms with Crippen LogP contribution < -0.4 is 0 Å². The van der Waals surface area contributed by atoms with Crippen LogP contribution >= 0.6 is 0 Å². The van der Waals surface area contributed by atoms with E-state index in [0.29, 0.717) is 0 Å². The van der Waals surface area contributed by atoms with Crippen molar-refractivity contribution in [3.8, 4) is 12.0 Å². The van der Waals surface area contributed by atoms with Gasteiger partial charge in [0, 0.05) is 10.5 Å². The summed E-state index contributed by atoms with van der Waals surface area (Å²) in [7, 11) is 0. The molecule has 0 spiro atoms. The first-order valence-corrected chi connectivity index (χ1v) is 3.03. The van der Waals surface area contributed by atoms with E-state index in [-0.39, 0.29) is 0 Å². The number of hydrogen-bond acceptors (Lipinski definition) is 1. The molecule has 1 aromatic carbocycles. The van der Waals surface area contributed by atoms with E-state index in [2.05, 4.69) is 22.0 Å². The highest BCUT2D eigenvalue weighted by Crippen LogP contribution is 1.94. The van der Waals surface area contributed by atoms with Crippen molar-refractivity contribution in [2.45, 2.75) is 0 Å². The summed E-state index contributed by atoms with van der Waals surface area (Å²) in [5.74, 6) is 2.68. The second-order valence-electron chi connectivity index (χ2n) is 1.79. The Bertz CT molecular complexity index is 325. The smallest absolute Gasteiger partial charge is 0.0248 e. The lowest BCUT2D eigenvalue weighted by Crippen LogP contribution is -1.68. The normalized spacial score (nSPS) is 7.27. The first kappa shape index (κ1) is 7.20. The fraction of sp³-hybridized carbons (Fsp3) is 0. The minimum absolute atomic E-state index is 0.847. The number of azide groups is 1. The third kappa shape index (κ3) is 2.44. The molecule has 0 unspecified atom stereocenters. The van der Waals surface area contributed by atoms with E-state index in [4.69, 9.17) is 5.53 Å². The van der Waals surface area contributed by atoms with Gasteiger partial charge in [-0.25, -0.2) is 0 Å². The zero-order valence-electron chi connectivity index (χ0n) is 5.73. The summed E-state index contributed by atoms with van der Waals surface area (Å²) in [5.41, 5.74) is 8.75. The molecule has 0 fully saturated rings. The van der Waals surface area contributed by atoms with Crippen molar-refractivity contribution in [3.63, 3.8) is 0 Å². The minimum Gasteiger partial charge on any atom is -0.0622 e. The third-order valence-electron chi connectivity index (χ3n) is 1.07. The molecule has 0 saturated heterocycles. The Morgan fingerprint density at radius 1 is 1.27 bits per heavy atom. The molecular formula is C8H5N3. The Hall–Kier alpha value is -1.91. The van der Waals surface area contributed by atoms with E-state index in [1.807, 2.05) is 30.3 Å². The molecule has 1 aromatic rings. The highest BCUT2D eigenvalue weighted by atomic mass is 15.1. The van der Waals surface area contributed by atoms with E-state index in [1.165, 1.54) is 0 Å². The Morgan fingerprint density at radius 2 is 2.00 bits per heavy atom. The molecule has 0 atom stereocenters. The summed E-state index contributed by atoms with van der Waals surface area (Å²) in [5, 5.41) is 3.09. The van der Waals surface area contributed by atoms with Crippen molar-refractivity contribution in [2.75, 3.05) is 0 Å². The maximum atomic E-state index is 7.90. The highest BCUT2D eigenvalue weighted by Gasteiger charge is 1.78. The number of benzene rings is 1. The fourth-order valence-electron chi connectivity index (χ4n) is 0.633. The fourth-order valence-corrected chi connectivity index (χ4v) is 0.633. The third-order valence-corrected chi connectivity index (χ3v) is 1.07. The largest absolute Gasteiger partial charge is 0.0622 e. The molecule has 0 amide bonds. The van der Waals surface area contributed by atoms with Gasteiger partial charge in [-0.1, -0.05) is 24.1 Å². The van der Waals surface area contributed by atoms with Crippen LogP contribution in [0.5, 0.6) is 0 Å². The van der Waals surface area contributed by atoms with Gasteiger partial charge in [0.25, 0.3) is 0 Å². The summed E-state index contributed by atoms with van der Waals surface area (Å²) in [6.45, 7) is 0.